The van der Waals surface area contributed by atoms with Gasteiger partial charge >= 0.3 is 0 Å². The number of para-hydroxylation sites is 1. The molecule has 94 valence electrons. The number of alkyl halides is 1. The lowest BCUT2D eigenvalue weighted by Crippen LogP contribution is -2.30. The molecule has 0 N–H and O–H groups in total. The van der Waals surface area contributed by atoms with Crippen LogP contribution in [0.4, 0.5) is 0 Å². The summed E-state index contributed by atoms with van der Waals surface area (Å²) in [7, 11) is 0. The van der Waals surface area contributed by atoms with Crippen LogP contribution >= 0.6 is 11.6 Å². The molecule has 1 aromatic heterocycles. The number of nitrogens with zero attached hydrogens (tertiary/aromatic N) is 2. The summed E-state index contributed by atoms with van der Waals surface area (Å²) >= 11 is 6.00. The minimum Gasteiger partial charge on any atom is -0.293 e. The molecular weight excluding hydrogens is 244 g/mol. The first-order valence-corrected chi connectivity index (χ1v) is 7.05. The van der Waals surface area contributed by atoms with Gasteiger partial charge in [0, 0.05) is 23.9 Å². The maximum Gasteiger partial charge on any atom is 0.0705 e. The normalized spacial score (nSPS) is 20.6. The van der Waals surface area contributed by atoms with Crippen molar-refractivity contribution >= 4 is 22.5 Å². The predicted molar refractivity (Wildman–Crippen MR) is 75.9 cm³/mol. The van der Waals surface area contributed by atoms with Gasteiger partial charge in [-0.15, -0.1) is 11.6 Å². The zero-order chi connectivity index (χ0) is 12.4. The van der Waals surface area contributed by atoms with Gasteiger partial charge in [0.2, 0.25) is 0 Å². The van der Waals surface area contributed by atoms with Gasteiger partial charge in [0.25, 0.3) is 0 Å². The monoisotopic (exact) mass is 260 g/mol. The second kappa shape index (κ2) is 5.25. The molecule has 0 aliphatic carbocycles. The molecular formula is C15H17ClN2. The number of fused-ring (bicyclic) bond motifs is 1. The van der Waals surface area contributed by atoms with E-state index < -0.39 is 0 Å². The van der Waals surface area contributed by atoms with Crippen molar-refractivity contribution in [3.8, 4) is 0 Å². The van der Waals surface area contributed by atoms with Crippen molar-refractivity contribution in [3.63, 3.8) is 0 Å². The molecule has 2 aromatic rings. The molecule has 1 fully saturated rings. The SMILES string of the molecule is ClCC1CCCN1Cc1ccc2ccccc2n1. The molecule has 2 nitrogen and oxygen atoms in total. The van der Waals surface area contributed by atoms with Crippen LogP contribution in [-0.2, 0) is 6.54 Å². The summed E-state index contributed by atoms with van der Waals surface area (Å²) in [5.41, 5.74) is 2.22. The van der Waals surface area contributed by atoms with Crippen LogP contribution in [0, 0.1) is 0 Å². The third kappa shape index (κ3) is 2.36. The number of rotatable bonds is 3. The van der Waals surface area contributed by atoms with Crippen molar-refractivity contribution in [1.29, 1.82) is 0 Å². The number of hydrogen-bond acceptors (Lipinski definition) is 2. The van der Waals surface area contributed by atoms with E-state index in [1.807, 2.05) is 12.1 Å². The number of benzene rings is 1. The van der Waals surface area contributed by atoms with Crippen molar-refractivity contribution in [1.82, 2.24) is 9.88 Å². The number of hydrogen-bond donors (Lipinski definition) is 0. The standard InChI is InChI=1S/C15H17ClN2/c16-10-14-5-3-9-18(14)11-13-8-7-12-4-1-2-6-15(12)17-13/h1-2,4,6-8,14H,3,5,9-11H2. The van der Waals surface area contributed by atoms with E-state index in [0.29, 0.717) is 6.04 Å². The molecule has 1 aliphatic rings. The molecule has 1 unspecified atom stereocenters. The topological polar surface area (TPSA) is 16.1 Å². The number of aromatic nitrogens is 1. The number of halogens is 1. The van der Waals surface area contributed by atoms with Crippen LogP contribution in [0.2, 0.25) is 0 Å². The van der Waals surface area contributed by atoms with Crippen LogP contribution in [-0.4, -0.2) is 28.4 Å². The van der Waals surface area contributed by atoms with Gasteiger partial charge < -0.3 is 0 Å². The van der Waals surface area contributed by atoms with Crippen LogP contribution < -0.4 is 0 Å². The molecule has 2 heterocycles. The molecule has 3 rings (SSSR count). The average molecular weight is 261 g/mol. The lowest BCUT2D eigenvalue weighted by Gasteiger charge is -2.22. The molecule has 0 bridgehead atoms. The molecule has 0 amide bonds. The lowest BCUT2D eigenvalue weighted by atomic mass is 10.2. The Kier molecular flexibility index (Phi) is 3.48. The number of likely N-dealkylation sites (tertiary alicyclic amines) is 1. The molecule has 0 saturated carbocycles. The van der Waals surface area contributed by atoms with Crippen molar-refractivity contribution < 1.29 is 0 Å². The van der Waals surface area contributed by atoms with Crippen molar-refractivity contribution in [2.75, 3.05) is 12.4 Å². The predicted octanol–water partition coefficient (Wildman–Crippen LogP) is 3.44. The molecule has 1 aliphatic heterocycles. The van der Waals surface area contributed by atoms with Gasteiger partial charge in [-0.1, -0.05) is 24.3 Å². The van der Waals surface area contributed by atoms with Gasteiger partial charge in [-0.05, 0) is 31.5 Å². The van der Waals surface area contributed by atoms with Crippen molar-refractivity contribution in [2.24, 2.45) is 0 Å². The molecule has 1 atom stereocenters. The van der Waals surface area contributed by atoms with Crippen molar-refractivity contribution in [3.05, 3.63) is 42.1 Å². The Morgan fingerprint density at radius 3 is 3.00 bits per heavy atom. The first-order chi connectivity index (χ1) is 8.86. The Hall–Kier alpha value is -1.12. The third-order valence-electron chi connectivity index (χ3n) is 3.70. The summed E-state index contributed by atoms with van der Waals surface area (Å²) in [6.45, 7) is 2.06. The maximum atomic E-state index is 6.00. The maximum absolute atomic E-state index is 6.00. The van der Waals surface area contributed by atoms with E-state index >= 15 is 0 Å². The third-order valence-corrected chi connectivity index (χ3v) is 4.05. The highest BCUT2D eigenvalue weighted by Gasteiger charge is 2.23. The Morgan fingerprint density at radius 1 is 1.22 bits per heavy atom. The summed E-state index contributed by atoms with van der Waals surface area (Å²) < 4.78 is 0. The van der Waals surface area contributed by atoms with Crippen molar-refractivity contribution in [2.45, 2.75) is 25.4 Å². The van der Waals surface area contributed by atoms with E-state index in [1.165, 1.54) is 18.2 Å². The minimum atomic E-state index is 0.528. The van der Waals surface area contributed by atoms with Gasteiger partial charge in [-0.3, -0.25) is 9.88 Å². The van der Waals surface area contributed by atoms with E-state index in [0.717, 1.165) is 30.2 Å². The molecule has 3 heteroatoms. The first-order valence-electron chi connectivity index (χ1n) is 6.51. The van der Waals surface area contributed by atoms with Gasteiger partial charge in [0.15, 0.2) is 0 Å². The fourth-order valence-corrected chi connectivity index (χ4v) is 3.03. The first kappa shape index (κ1) is 11.9. The van der Waals surface area contributed by atoms with Crippen LogP contribution in [0.15, 0.2) is 36.4 Å². The summed E-state index contributed by atoms with van der Waals surface area (Å²) in [6.07, 6.45) is 2.47. The Morgan fingerprint density at radius 2 is 2.11 bits per heavy atom. The van der Waals surface area contributed by atoms with Crippen LogP contribution in [0.25, 0.3) is 10.9 Å². The van der Waals surface area contributed by atoms with E-state index in [9.17, 15) is 0 Å². The highest BCUT2D eigenvalue weighted by atomic mass is 35.5. The van der Waals surface area contributed by atoms with E-state index in [2.05, 4.69) is 29.2 Å². The quantitative estimate of drug-likeness (QED) is 0.786. The summed E-state index contributed by atoms with van der Waals surface area (Å²) in [4.78, 5) is 7.17. The fourth-order valence-electron chi connectivity index (χ4n) is 2.68. The highest BCUT2D eigenvalue weighted by molar-refractivity contribution is 6.18. The lowest BCUT2D eigenvalue weighted by molar-refractivity contribution is 0.260. The second-order valence-electron chi connectivity index (χ2n) is 4.92. The van der Waals surface area contributed by atoms with Crippen LogP contribution in [0.5, 0.6) is 0 Å². The minimum absolute atomic E-state index is 0.528. The Balaban J connectivity index is 1.82. The van der Waals surface area contributed by atoms with Crippen LogP contribution in [0.1, 0.15) is 18.5 Å². The average Bonchev–Trinajstić information content (AvgIpc) is 2.86. The van der Waals surface area contributed by atoms with Crippen LogP contribution in [0.3, 0.4) is 0 Å². The molecule has 0 radical (unpaired) electrons. The second-order valence-corrected chi connectivity index (χ2v) is 5.22. The van der Waals surface area contributed by atoms with Gasteiger partial charge in [0.05, 0.1) is 11.2 Å². The zero-order valence-electron chi connectivity index (χ0n) is 10.3. The highest BCUT2D eigenvalue weighted by Crippen LogP contribution is 2.21. The summed E-state index contributed by atoms with van der Waals surface area (Å²) in [5.74, 6) is 0.730. The molecule has 18 heavy (non-hydrogen) atoms. The Bertz CT molecular complexity index is 541. The molecule has 0 spiro atoms. The van der Waals surface area contributed by atoms with E-state index in [-0.39, 0.29) is 0 Å². The molecule has 1 aromatic carbocycles. The summed E-state index contributed by atoms with van der Waals surface area (Å²) in [6, 6.07) is 13.1. The Labute approximate surface area is 113 Å². The number of pyridine rings is 1. The van der Waals surface area contributed by atoms with Gasteiger partial charge in [0.1, 0.15) is 0 Å². The smallest absolute Gasteiger partial charge is 0.0705 e. The summed E-state index contributed by atoms with van der Waals surface area (Å²) in [5, 5.41) is 1.21. The molecule has 1 saturated heterocycles. The largest absolute Gasteiger partial charge is 0.293 e. The fraction of sp³-hybridized carbons (Fsp3) is 0.400. The van der Waals surface area contributed by atoms with E-state index in [4.69, 9.17) is 16.6 Å². The van der Waals surface area contributed by atoms with E-state index in [1.54, 1.807) is 0 Å². The van der Waals surface area contributed by atoms with Gasteiger partial charge in [-0.2, -0.15) is 0 Å². The zero-order valence-corrected chi connectivity index (χ0v) is 11.1. The van der Waals surface area contributed by atoms with Gasteiger partial charge in [-0.25, -0.2) is 0 Å².